The number of methoxy groups -OCH3 is 1. The summed E-state index contributed by atoms with van der Waals surface area (Å²) < 4.78 is 16.9. The van der Waals surface area contributed by atoms with Gasteiger partial charge in [-0.05, 0) is 54.6 Å². The molecule has 6 heteroatoms. The molecule has 0 radical (unpaired) electrons. The molecule has 1 heterocycles. The van der Waals surface area contributed by atoms with Gasteiger partial charge in [-0.3, -0.25) is 4.79 Å². The summed E-state index contributed by atoms with van der Waals surface area (Å²) in [6, 6.07) is 19.2. The molecular formula is C23H16Cl2O4. The van der Waals surface area contributed by atoms with Gasteiger partial charge in [0.15, 0.2) is 5.43 Å². The predicted molar refractivity (Wildman–Crippen MR) is 115 cm³/mol. The summed E-state index contributed by atoms with van der Waals surface area (Å²) in [6.07, 6.45) is 0. The topological polar surface area (TPSA) is 48.7 Å². The Labute approximate surface area is 177 Å². The van der Waals surface area contributed by atoms with Gasteiger partial charge >= 0.3 is 0 Å². The molecular weight excluding hydrogens is 411 g/mol. The average molecular weight is 427 g/mol. The second-order valence-electron chi connectivity index (χ2n) is 6.35. The monoisotopic (exact) mass is 426 g/mol. The molecule has 0 amide bonds. The normalized spacial score (nSPS) is 10.9. The standard InChI is InChI=1S/C23H16Cl2O4/c1-27-15-7-5-14(6-8-15)23-12-21(26)17-11-16(9-10-22(17)29-23)28-13-18-19(24)3-2-4-20(18)25/h2-12H,13H2,1H3. The second-order valence-corrected chi connectivity index (χ2v) is 7.16. The lowest BCUT2D eigenvalue weighted by Crippen LogP contribution is -2.02. The van der Waals surface area contributed by atoms with Gasteiger partial charge in [0.05, 0.1) is 12.5 Å². The summed E-state index contributed by atoms with van der Waals surface area (Å²) in [6.45, 7) is 0.194. The Bertz CT molecular complexity index is 1210. The lowest BCUT2D eigenvalue weighted by molar-refractivity contribution is 0.306. The first-order valence-electron chi connectivity index (χ1n) is 8.83. The Morgan fingerprint density at radius 3 is 2.28 bits per heavy atom. The van der Waals surface area contributed by atoms with Gasteiger partial charge in [-0.25, -0.2) is 0 Å². The van der Waals surface area contributed by atoms with E-state index in [0.29, 0.717) is 38.1 Å². The second kappa shape index (κ2) is 8.19. The first-order chi connectivity index (χ1) is 14.0. The lowest BCUT2D eigenvalue weighted by Gasteiger charge is -2.10. The molecule has 0 aliphatic heterocycles. The Balaban J connectivity index is 1.63. The van der Waals surface area contributed by atoms with Crippen LogP contribution in [0.4, 0.5) is 0 Å². The summed E-state index contributed by atoms with van der Waals surface area (Å²) in [5.74, 6) is 1.75. The van der Waals surface area contributed by atoms with Crippen LogP contribution in [0.3, 0.4) is 0 Å². The van der Waals surface area contributed by atoms with E-state index < -0.39 is 0 Å². The predicted octanol–water partition coefficient (Wildman–Crippen LogP) is 6.35. The average Bonchev–Trinajstić information content (AvgIpc) is 2.73. The SMILES string of the molecule is COc1ccc(-c2cc(=O)c3cc(OCc4c(Cl)cccc4Cl)ccc3o2)cc1. The molecule has 0 atom stereocenters. The van der Waals surface area contributed by atoms with Crippen LogP contribution in [0.5, 0.6) is 11.5 Å². The summed E-state index contributed by atoms with van der Waals surface area (Å²) >= 11 is 12.3. The molecule has 0 N–H and O–H groups in total. The van der Waals surface area contributed by atoms with Crippen LogP contribution in [0.25, 0.3) is 22.3 Å². The zero-order valence-electron chi connectivity index (χ0n) is 15.4. The number of rotatable bonds is 5. The maximum atomic E-state index is 12.6. The zero-order valence-corrected chi connectivity index (χ0v) is 17.0. The third-order valence-electron chi connectivity index (χ3n) is 4.52. The summed E-state index contributed by atoms with van der Waals surface area (Å²) in [5, 5.41) is 1.49. The van der Waals surface area contributed by atoms with Crippen LogP contribution in [-0.2, 0) is 6.61 Å². The molecule has 0 saturated heterocycles. The van der Waals surface area contributed by atoms with Crippen LogP contribution in [-0.4, -0.2) is 7.11 Å². The Hall–Kier alpha value is -2.95. The van der Waals surface area contributed by atoms with Crippen molar-refractivity contribution in [1.82, 2.24) is 0 Å². The maximum absolute atomic E-state index is 12.6. The van der Waals surface area contributed by atoms with E-state index in [9.17, 15) is 4.79 Å². The third-order valence-corrected chi connectivity index (χ3v) is 5.23. The molecule has 4 rings (SSSR count). The molecule has 29 heavy (non-hydrogen) atoms. The minimum Gasteiger partial charge on any atom is -0.497 e. The van der Waals surface area contributed by atoms with E-state index in [1.807, 2.05) is 24.3 Å². The van der Waals surface area contributed by atoms with Crippen molar-refractivity contribution in [3.8, 4) is 22.8 Å². The van der Waals surface area contributed by atoms with Gasteiger partial charge in [-0.2, -0.15) is 0 Å². The highest BCUT2D eigenvalue weighted by Gasteiger charge is 2.10. The molecule has 1 aromatic heterocycles. The molecule has 3 aromatic carbocycles. The van der Waals surface area contributed by atoms with E-state index in [0.717, 1.165) is 11.3 Å². The lowest BCUT2D eigenvalue weighted by atomic mass is 10.1. The molecule has 0 bridgehead atoms. The number of halogens is 2. The maximum Gasteiger partial charge on any atom is 0.193 e. The number of hydrogen-bond donors (Lipinski definition) is 0. The van der Waals surface area contributed by atoms with Crippen molar-refractivity contribution in [2.45, 2.75) is 6.61 Å². The van der Waals surface area contributed by atoms with Gasteiger partial charge in [0.1, 0.15) is 29.4 Å². The van der Waals surface area contributed by atoms with Gasteiger partial charge < -0.3 is 13.9 Å². The van der Waals surface area contributed by atoms with Crippen LogP contribution in [0, 0.1) is 0 Å². The van der Waals surface area contributed by atoms with E-state index in [1.54, 1.807) is 43.5 Å². The van der Waals surface area contributed by atoms with Crippen molar-refractivity contribution in [3.05, 3.63) is 92.6 Å². The fourth-order valence-corrected chi connectivity index (χ4v) is 3.46. The fourth-order valence-electron chi connectivity index (χ4n) is 2.95. The van der Waals surface area contributed by atoms with Crippen molar-refractivity contribution >= 4 is 34.2 Å². The largest absolute Gasteiger partial charge is 0.497 e. The molecule has 4 aromatic rings. The molecule has 4 nitrogen and oxygen atoms in total. The van der Waals surface area contributed by atoms with Crippen LogP contribution < -0.4 is 14.9 Å². The van der Waals surface area contributed by atoms with Gasteiger partial charge in [0.2, 0.25) is 0 Å². The molecule has 0 unspecified atom stereocenters. The van der Waals surface area contributed by atoms with E-state index in [1.165, 1.54) is 6.07 Å². The van der Waals surface area contributed by atoms with Crippen LogP contribution in [0.15, 0.2) is 75.9 Å². The van der Waals surface area contributed by atoms with Crippen LogP contribution in [0.2, 0.25) is 10.0 Å². The van der Waals surface area contributed by atoms with Gasteiger partial charge in [0, 0.05) is 27.2 Å². The number of hydrogen-bond acceptors (Lipinski definition) is 4. The smallest absolute Gasteiger partial charge is 0.193 e. The molecule has 0 spiro atoms. The first-order valence-corrected chi connectivity index (χ1v) is 9.59. The Morgan fingerprint density at radius 2 is 1.59 bits per heavy atom. The van der Waals surface area contributed by atoms with Crippen LogP contribution in [0.1, 0.15) is 5.56 Å². The van der Waals surface area contributed by atoms with E-state index in [-0.39, 0.29) is 12.0 Å². The third kappa shape index (κ3) is 4.09. The first kappa shape index (κ1) is 19.4. The van der Waals surface area contributed by atoms with Gasteiger partial charge in [0.25, 0.3) is 0 Å². The highest BCUT2D eigenvalue weighted by Crippen LogP contribution is 2.28. The molecule has 146 valence electrons. The van der Waals surface area contributed by atoms with Crippen molar-refractivity contribution in [3.63, 3.8) is 0 Å². The minimum absolute atomic E-state index is 0.154. The highest BCUT2D eigenvalue weighted by molar-refractivity contribution is 6.35. The van der Waals surface area contributed by atoms with Gasteiger partial charge in [-0.1, -0.05) is 29.3 Å². The Kier molecular flexibility index (Phi) is 5.47. The molecule has 0 aliphatic rings. The summed E-state index contributed by atoms with van der Waals surface area (Å²) in [5.41, 5.74) is 1.81. The van der Waals surface area contributed by atoms with Crippen LogP contribution >= 0.6 is 23.2 Å². The van der Waals surface area contributed by atoms with Gasteiger partial charge in [-0.15, -0.1) is 0 Å². The minimum atomic E-state index is -0.154. The number of benzene rings is 3. The summed E-state index contributed by atoms with van der Waals surface area (Å²) in [4.78, 5) is 12.6. The molecule has 0 fully saturated rings. The van der Waals surface area contributed by atoms with E-state index >= 15 is 0 Å². The fraction of sp³-hybridized carbons (Fsp3) is 0.0870. The van der Waals surface area contributed by atoms with Crippen molar-refractivity contribution in [2.75, 3.05) is 7.11 Å². The zero-order chi connectivity index (χ0) is 20.4. The van der Waals surface area contributed by atoms with E-state index in [4.69, 9.17) is 37.1 Å². The number of fused-ring (bicyclic) bond motifs is 1. The molecule has 0 aliphatic carbocycles. The van der Waals surface area contributed by atoms with Crippen molar-refractivity contribution < 1.29 is 13.9 Å². The Morgan fingerprint density at radius 1 is 0.897 bits per heavy atom. The number of ether oxygens (including phenoxy) is 2. The quantitative estimate of drug-likeness (QED) is 0.372. The van der Waals surface area contributed by atoms with Crippen molar-refractivity contribution in [1.29, 1.82) is 0 Å². The van der Waals surface area contributed by atoms with Crippen molar-refractivity contribution in [2.24, 2.45) is 0 Å². The highest BCUT2D eigenvalue weighted by atomic mass is 35.5. The summed E-state index contributed by atoms with van der Waals surface area (Å²) in [7, 11) is 1.60. The van der Waals surface area contributed by atoms with E-state index in [2.05, 4.69) is 0 Å². The molecule has 0 saturated carbocycles.